The molecule has 0 aromatic heterocycles. The second kappa shape index (κ2) is 8.44. The molecule has 0 saturated heterocycles. The largest absolute Gasteiger partial charge is 0.497 e. The lowest BCUT2D eigenvalue weighted by Crippen LogP contribution is -2.28. The molecule has 4 rings (SSSR count). The monoisotopic (exact) mass is 517 g/mol. The van der Waals surface area contributed by atoms with E-state index in [9.17, 15) is 14.0 Å². The molecule has 0 bridgehead atoms. The number of fused-ring (bicyclic) bond motifs is 1. The van der Waals surface area contributed by atoms with Crippen molar-refractivity contribution < 1.29 is 18.7 Å². The maximum atomic E-state index is 14.2. The maximum absolute atomic E-state index is 14.2. The van der Waals surface area contributed by atoms with Gasteiger partial charge in [0.15, 0.2) is 0 Å². The third kappa shape index (κ3) is 3.69. The second-order valence-electron chi connectivity index (χ2n) is 7.32. The normalized spacial score (nSPS) is 15.1. The highest BCUT2D eigenvalue weighted by Crippen LogP contribution is 2.48. The van der Waals surface area contributed by atoms with Crippen LogP contribution in [0.1, 0.15) is 43.4 Å². The minimum Gasteiger partial charge on any atom is -0.497 e. The first-order chi connectivity index (χ1) is 15.2. The summed E-state index contributed by atoms with van der Waals surface area (Å²) in [4.78, 5) is 27.0. The van der Waals surface area contributed by atoms with Crippen molar-refractivity contribution in [2.75, 3.05) is 12.8 Å². The van der Waals surface area contributed by atoms with Gasteiger partial charge < -0.3 is 21.1 Å². The first kappa shape index (κ1) is 22.1. The Kier molecular flexibility index (Phi) is 5.83. The molecule has 32 heavy (non-hydrogen) atoms. The Balaban J connectivity index is 1.92. The van der Waals surface area contributed by atoms with E-state index in [1.165, 1.54) is 24.3 Å². The number of nitrogens with zero attached hydrogens (tertiary/aromatic N) is 1. The average Bonchev–Trinajstić information content (AvgIpc) is 3.05. The van der Waals surface area contributed by atoms with Crippen LogP contribution in [0.2, 0.25) is 5.02 Å². The van der Waals surface area contributed by atoms with Crippen LogP contribution < -0.4 is 16.2 Å². The third-order valence-corrected chi connectivity index (χ3v) is 6.45. The number of halogens is 3. The van der Waals surface area contributed by atoms with Gasteiger partial charge in [0.05, 0.1) is 30.0 Å². The topological polar surface area (TPSA) is 98.7 Å². The lowest BCUT2D eigenvalue weighted by molar-refractivity contribution is 0.0736. The molecule has 1 unspecified atom stereocenters. The lowest BCUT2D eigenvalue weighted by atomic mass is 9.94. The summed E-state index contributed by atoms with van der Waals surface area (Å²) in [6.45, 7) is 0.187. The van der Waals surface area contributed by atoms with E-state index in [1.807, 2.05) is 12.1 Å². The fraction of sp³-hybridized carbons (Fsp3) is 0.130. The smallest absolute Gasteiger partial charge is 0.257 e. The number of nitrogen functional groups attached to an aromatic ring is 1. The number of primary amides is 1. The quantitative estimate of drug-likeness (QED) is 0.479. The molecular formula is C23H18BrClFN3O3. The molecule has 6 nitrogen and oxygen atoms in total. The zero-order chi connectivity index (χ0) is 23.2. The number of anilines is 1. The molecule has 1 aliphatic heterocycles. The molecule has 2 amide bonds. The number of ether oxygens (including phenoxy) is 1. The molecule has 0 radical (unpaired) electrons. The van der Waals surface area contributed by atoms with Crippen LogP contribution in [0.15, 0.2) is 53.0 Å². The number of benzene rings is 3. The number of methoxy groups -OCH3 is 1. The van der Waals surface area contributed by atoms with Gasteiger partial charge in [-0.15, -0.1) is 0 Å². The first-order valence-electron chi connectivity index (χ1n) is 9.53. The Bertz CT molecular complexity index is 1250. The van der Waals surface area contributed by atoms with Gasteiger partial charge in [-0.1, -0.05) is 39.7 Å². The Morgan fingerprint density at radius 2 is 1.91 bits per heavy atom. The van der Waals surface area contributed by atoms with Gasteiger partial charge in [0, 0.05) is 27.2 Å². The SMILES string of the molecule is COc1ccc(CN2C(=O)c3c(N)c(C(N)=O)cc(Br)c3C2c2cc(F)ccc2Cl)cc1. The summed E-state index contributed by atoms with van der Waals surface area (Å²) in [7, 11) is 1.56. The second-order valence-corrected chi connectivity index (χ2v) is 8.58. The molecule has 164 valence electrons. The van der Waals surface area contributed by atoms with E-state index in [1.54, 1.807) is 24.1 Å². The summed E-state index contributed by atoms with van der Waals surface area (Å²) in [5, 5.41) is 0.293. The van der Waals surface area contributed by atoms with Crippen LogP contribution in [0.25, 0.3) is 0 Å². The van der Waals surface area contributed by atoms with Crippen molar-refractivity contribution in [2.24, 2.45) is 5.73 Å². The molecule has 4 N–H and O–H groups in total. The van der Waals surface area contributed by atoms with Crippen LogP contribution in [-0.4, -0.2) is 23.8 Å². The molecule has 9 heteroatoms. The average molecular weight is 519 g/mol. The van der Waals surface area contributed by atoms with E-state index in [4.69, 9.17) is 27.8 Å². The van der Waals surface area contributed by atoms with Crippen molar-refractivity contribution in [3.63, 3.8) is 0 Å². The minimum absolute atomic E-state index is 0.0181. The van der Waals surface area contributed by atoms with Crippen molar-refractivity contribution >= 4 is 45.0 Å². The van der Waals surface area contributed by atoms with Gasteiger partial charge in [0.2, 0.25) is 0 Å². The molecule has 0 fully saturated rings. The molecule has 1 aliphatic rings. The molecule has 0 spiro atoms. The Morgan fingerprint density at radius 3 is 2.53 bits per heavy atom. The van der Waals surface area contributed by atoms with Gasteiger partial charge >= 0.3 is 0 Å². The molecule has 0 aliphatic carbocycles. The third-order valence-electron chi connectivity index (χ3n) is 5.45. The van der Waals surface area contributed by atoms with Crippen LogP contribution in [0, 0.1) is 5.82 Å². The summed E-state index contributed by atoms with van der Waals surface area (Å²) >= 11 is 9.88. The van der Waals surface area contributed by atoms with E-state index < -0.39 is 23.7 Å². The fourth-order valence-electron chi connectivity index (χ4n) is 3.94. The number of carbonyl (C=O) groups excluding carboxylic acids is 2. The Labute approximate surface area is 197 Å². The van der Waals surface area contributed by atoms with Crippen LogP contribution in [-0.2, 0) is 6.54 Å². The van der Waals surface area contributed by atoms with E-state index in [2.05, 4.69) is 15.9 Å². The van der Waals surface area contributed by atoms with E-state index in [0.29, 0.717) is 26.4 Å². The van der Waals surface area contributed by atoms with E-state index in [0.717, 1.165) is 5.56 Å². The number of rotatable bonds is 5. The Morgan fingerprint density at radius 1 is 1.22 bits per heavy atom. The van der Waals surface area contributed by atoms with Crippen molar-refractivity contribution in [2.45, 2.75) is 12.6 Å². The van der Waals surface area contributed by atoms with Crippen molar-refractivity contribution in [1.82, 2.24) is 4.90 Å². The van der Waals surface area contributed by atoms with Crippen LogP contribution in [0.5, 0.6) is 5.75 Å². The Hall–Kier alpha value is -3.10. The summed E-state index contributed by atoms with van der Waals surface area (Å²) < 4.78 is 19.8. The zero-order valence-corrected chi connectivity index (χ0v) is 19.2. The van der Waals surface area contributed by atoms with Gasteiger partial charge in [0.1, 0.15) is 11.6 Å². The van der Waals surface area contributed by atoms with Gasteiger partial charge in [-0.2, -0.15) is 0 Å². The van der Waals surface area contributed by atoms with Gasteiger partial charge in [0.25, 0.3) is 11.8 Å². The molecular weight excluding hydrogens is 501 g/mol. The number of hydrogen-bond donors (Lipinski definition) is 2. The van der Waals surface area contributed by atoms with Crippen LogP contribution in [0.3, 0.4) is 0 Å². The van der Waals surface area contributed by atoms with Crippen LogP contribution >= 0.6 is 27.5 Å². The summed E-state index contributed by atoms with van der Waals surface area (Å²) in [6, 6.07) is 11.9. The zero-order valence-electron chi connectivity index (χ0n) is 16.9. The van der Waals surface area contributed by atoms with Crippen molar-refractivity contribution in [3.05, 3.63) is 91.7 Å². The van der Waals surface area contributed by atoms with Gasteiger partial charge in [-0.25, -0.2) is 4.39 Å². The predicted molar refractivity (Wildman–Crippen MR) is 123 cm³/mol. The van der Waals surface area contributed by atoms with Crippen molar-refractivity contribution in [3.8, 4) is 5.75 Å². The molecule has 3 aromatic rings. The fourth-order valence-corrected chi connectivity index (χ4v) is 4.80. The number of amides is 2. The van der Waals surface area contributed by atoms with Gasteiger partial charge in [-0.3, -0.25) is 9.59 Å². The number of nitrogens with two attached hydrogens (primary N) is 2. The summed E-state index contributed by atoms with van der Waals surface area (Å²) in [5.41, 5.74) is 13.5. The van der Waals surface area contributed by atoms with Crippen LogP contribution in [0.4, 0.5) is 10.1 Å². The molecule has 1 heterocycles. The predicted octanol–water partition coefficient (Wildman–Crippen LogP) is 4.68. The molecule has 3 aromatic carbocycles. The highest BCUT2D eigenvalue weighted by atomic mass is 79.9. The highest BCUT2D eigenvalue weighted by Gasteiger charge is 2.42. The lowest BCUT2D eigenvalue weighted by Gasteiger charge is -2.27. The number of hydrogen-bond acceptors (Lipinski definition) is 4. The highest BCUT2D eigenvalue weighted by molar-refractivity contribution is 9.10. The molecule has 0 saturated carbocycles. The van der Waals surface area contributed by atoms with E-state index in [-0.39, 0.29) is 23.4 Å². The van der Waals surface area contributed by atoms with Crippen molar-refractivity contribution in [1.29, 1.82) is 0 Å². The summed E-state index contributed by atoms with van der Waals surface area (Å²) in [5.74, 6) is -0.990. The molecule has 1 atom stereocenters. The van der Waals surface area contributed by atoms with Gasteiger partial charge in [-0.05, 0) is 42.0 Å². The van der Waals surface area contributed by atoms with E-state index >= 15 is 0 Å². The summed E-state index contributed by atoms with van der Waals surface area (Å²) in [6.07, 6.45) is 0. The first-order valence-corrected chi connectivity index (χ1v) is 10.7. The minimum atomic E-state index is -0.757. The number of carbonyl (C=O) groups is 2. The standard InChI is InChI=1S/C23H18BrClFN3O3/c1-32-13-5-2-11(3-6-13)10-29-21(14-8-12(26)4-7-17(14)25)18-16(24)9-15(22(28)30)20(27)19(18)23(29)31/h2-9,21H,10,27H2,1H3,(H2,28,30). The maximum Gasteiger partial charge on any atom is 0.257 e.